The molecule has 1 N–H and O–H groups in total. The highest BCUT2D eigenvalue weighted by Gasteiger charge is 2.40. The fourth-order valence-electron chi connectivity index (χ4n) is 2.84. The number of likely N-dealkylation sites (tertiary alicyclic amines) is 1. The van der Waals surface area contributed by atoms with Gasteiger partial charge in [-0.15, -0.1) is 0 Å². The molecule has 2 amide bonds. The summed E-state index contributed by atoms with van der Waals surface area (Å²) >= 11 is 0.440. The number of alkyl halides is 2. The van der Waals surface area contributed by atoms with Crippen molar-refractivity contribution >= 4 is 29.3 Å². The number of rotatable bonds is 5. The highest BCUT2D eigenvalue weighted by molar-refractivity contribution is 7.99. The van der Waals surface area contributed by atoms with E-state index in [9.17, 15) is 18.4 Å². The van der Waals surface area contributed by atoms with Gasteiger partial charge in [-0.2, -0.15) is 8.78 Å². The van der Waals surface area contributed by atoms with Crippen LogP contribution in [0.4, 0.5) is 14.5 Å². The molecule has 0 aromatic heterocycles. The van der Waals surface area contributed by atoms with Crippen LogP contribution in [0.15, 0.2) is 29.2 Å². The maximum absolute atomic E-state index is 12.4. The molecule has 1 heterocycles. The third-order valence-corrected chi connectivity index (χ3v) is 4.80. The van der Waals surface area contributed by atoms with Gasteiger partial charge >= 0.3 is 0 Å². The van der Waals surface area contributed by atoms with Crippen LogP contribution in [-0.2, 0) is 9.59 Å². The lowest BCUT2D eigenvalue weighted by Gasteiger charge is -2.24. The van der Waals surface area contributed by atoms with Crippen molar-refractivity contribution in [1.29, 1.82) is 0 Å². The van der Waals surface area contributed by atoms with E-state index in [1.165, 1.54) is 6.07 Å². The van der Waals surface area contributed by atoms with Crippen molar-refractivity contribution in [2.24, 2.45) is 5.92 Å². The molecule has 124 valence electrons. The molecular formula is C16H18F2N2O2S. The first-order chi connectivity index (χ1) is 11.0. The number of nitrogens with zero attached hydrogens (tertiary/aromatic N) is 1. The van der Waals surface area contributed by atoms with Gasteiger partial charge in [-0.05, 0) is 43.9 Å². The molecule has 0 radical (unpaired) electrons. The quantitative estimate of drug-likeness (QED) is 0.837. The topological polar surface area (TPSA) is 49.4 Å². The Hall–Kier alpha value is -1.63. The average Bonchev–Trinajstić information content (AvgIpc) is 3.22. The first kappa shape index (κ1) is 16.2. The molecule has 1 aliphatic carbocycles. The van der Waals surface area contributed by atoms with E-state index in [0.29, 0.717) is 35.3 Å². The van der Waals surface area contributed by atoms with Crippen LogP contribution < -0.4 is 5.32 Å². The Morgan fingerprint density at radius 3 is 2.74 bits per heavy atom. The maximum Gasteiger partial charge on any atom is 0.288 e. The van der Waals surface area contributed by atoms with Gasteiger partial charge in [-0.25, -0.2) is 0 Å². The first-order valence-electron chi connectivity index (χ1n) is 7.71. The van der Waals surface area contributed by atoms with E-state index in [4.69, 9.17) is 0 Å². The fraction of sp³-hybridized carbons (Fsp3) is 0.500. The Balaban J connectivity index is 1.65. The summed E-state index contributed by atoms with van der Waals surface area (Å²) < 4.78 is 24.8. The molecule has 7 heteroatoms. The molecule has 0 unspecified atom stereocenters. The largest absolute Gasteiger partial charge is 0.330 e. The third kappa shape index (κ3) is 4.02. The van der Waals surface area contributed by atoms with Crippen LogP contribution in [0, 0.1) is 5.92 Å². The smallest absolute Gasteiger partial charge is 0.288 e. The lowest BCUT2D eigenvalue weighted by Crippen LogP contribution is -2.43. The predicted octanol–water partition coefficient (Wildman–Crippen LogP) is 3.34. The molecule has 23 heavy (non-hydrogen) atoms. The molecule has 2 aliphatic rings. The Bertz CT molecular complexity index is 607. The molecule has 0 bridgehead atoms. The van der Waals surface area contributed by atoms with Crippen molar-refractivity contribution in [2.75, 3.05) is 11.9 Å². The Labute approximate surface area is 137 Å². The second-order valence-corrected chi connectivity index (χ2v) is 6.92. The maximum atomic E-state index is 12.4. The van der Waals surface area contributed by atoms with Gasteiger partial charge in [0.15, 0.2) is 0 Å². The highest BCUT2D eigenvalue weighted by Crippen LogP contribution is 2.34. The van der Waals surface area contributed by atoms with Crippen molar-refractivity contribution in [1.82, 2.24) is 4.90 Å². The average molecular weight is 340 g/mol. The van der Waals surface area contributed by atoms with Crippen molar-refractivity contribution in [3.63, 3.8) is 0 Å². The zero-order chi connectivity index (χ0) is 16.4. The van der Waals surface area contributed by atoms with Gasteiger partial charge in [0, 0.05) is 23.0 Å². The van der Waals surface area contributed by atoms with Crippen LogP contribution in [0.25, 0.3) is 0 Å². The fourth-order valence-corrected chi connectivity index (χ4v) is 3.40. The second-order valence-electron chi connectivity index (χ2n) is 5.86. The summed E-state index contributed by atoms with van der Waals surface area (Å²) in [4.78, 5) is 26.7. The summed E-state index contributed by atoms with van der Waals surface area (Å²) in [6.07, 6.45) is 3.29. The number of benzene rings is 1. The summed E-state index contributed by atoms with van der Waals surface area (Å²) in [6, 6.07) is 5.94. The van der Waals surface area contributed by atoms with Crippen LogP contribution in [0.1, 0.15) is 25.7 Å². The third-order valence-electron chi connectivity index (χ3n) is 4.09. The number of carbonyl (C=O) groups excluding carboxylic acids is 2. The van der Waals surface area contributed by atoms with Crippen LogP contribution >= 0.6 is 11.8 Å². The summed E-state index contributed by atoms with van der Waals surface area (Å²) in [5.41, 5.74) is 0.478. The number of hydrogen-bond acceptors (Lipinski definition) is 3. The van der Waals surface area contributed by atoms with Gasteiger partial charge in [0.25, 0.3) is 5.76 Å². The van der Waals surface area contributed by atoms with Crippen molar-refractivity contribution < 1.29 is 18.4 Å². The minimum atomic E-state index is -2.50. The van der Waals surface area contributed by atoms with Crippen LogP contribution in [-0.4, -0.2) is 35.1 Å². The summed E-state index contributed by atoms with van der Waals surface area (Å²) in [5.74, 6) is -2.57. The van der Waals surface area contributed by atoms with Gasteiger partial charge in [0.2, 0.25) is 11.8 Å². The molecule has 1 aromatic rings. The van der Waals surface area contributed by atoms with Gasteiger partial charge in [-0.1, -0.05) is 17.8 Å². The van der Waals surface area contributed by atoms with E-state index < -0.39 is 11.8 Å². The lowest BCUT2D eigenvalue weighted by molar-refractivity contribution is -0.137. The van der Waals surface area contributed by atoms with E-state index in [-0.39, 0.29) is 17.7 Å². The number of nitrogens with one attached hydrogen (secondary N) is 1. The zero-order valence-corrected chi connectivity index (χ0v) is 13.3. The van der Waals surface area contributed by atoms with E-state index in [0.717, 1.165) is 19.3 Å². The SMILES string of the molecule is O=C(Nc1cccc(SC(F)F)c1)[C@H]1CCCN1C(=O)C1CC1. The molecule has 2 fully saturated rings. The molecule has 1 saturated carbocycles. The Morgan fingerprint density at radius 2 is 2.04 bits per heavy atom. The standard InChI is InChI=1S/C16H18F2N2O2S/c17-16(18)23-12-4-1-3-11(9-12)19-14(21)13-5-2-8-20(13)15(22)10-6-7-10/h1,3-4,9-10,13,16H,2,5-8H2,(H,19,21)/t13-/m1/s1. The van der Waals surface area contributed by atoms with Crippen LogP contribution in [0.3, 0.4) is 0 Å². The van der Waals surface area contributed by atoms with Gasteiger partial charge < -0.3 is 10.2 Å². The zero-order valence-electron chi connectivity index (χ0n) is 12.5. The first-order valence-corrected chi connectivity index (χ1v) is 8.59. The molecule has 1 aromatic carbocycles. The van der Waals surface area contributed by atoms with E-state index in [2.05, 4.69) is 5.32 Å². The summed E-state index contributed by atoms with van der Waals surface area (Å²) in [7, 11) is 0. The minimum absolute atomic E-state index is 0.0738. The van der Waals surface area contributed by atoms with Crippen LogP contribution in [0.5, 0.6) is 0 Å². The van der Waals surface area contributed by atoms with Crippen LogP contribution in [0.2, 0.25) is 0 Å². The minimum Gasteiger partial charge on any atom is -0.330 e. The molecule has 1 atom stereocenters. The van der Waals surface area contributed by atoms with Crippen molar-refractivity contribution in [3.05, 3.63) is 24.3 Å². The van der Waals surface area contributed by atoms with Crippen molar-refractivity contribution in [3.8, 4) is 0 Å². The predicted molar refractivity (Wildman–Crippen MR) is 84.4 cm³/mol. The number of carbonyl (C=O) groups is 2. The van der Waals surface area contributed by atoms with Gasteiger partial charge in [-0.3, -0.25) is 9.59 Å². The molecular weight excluding hydrogens is 322 g/mol. The molecule has 4 nitrogen and oxygen atoms in total. The van der Waals surface area contributed by atoms with Crippen molar-refractivity contribution in [2.45, 2.75) is 42.4 Å². The normalized spacial score (nSPS) is 20.8. The van der Waals surface area contributed by atoms with E-state index >= 15 is 0 Å². The Kier molecular flexibility index (Phi) is 4.84. The molecule has 0 spiro atoms. The van der Waals surface area contributed by atoms with Gasteiger partial charge in [0.1, 0.15) is 6.04 Å². The highest BCUT2D eigenvalue weighted by atomic mass is 32.2. The molecule has 1 saturated heterocycles. The number of hydrogen-bond donors (Lipinski definition) is 1. The van der Waals surface area contributed by atoms with Gasteiger partial charge in [0.05, 0.1) is 0 Å². The van der Waals surface area contributed by atoms with E-state index in [1.54, 1.807) is 23.1 Å². The number of amides is 2. The lowest BCUT2D eigenvalue weighted by atomic mass is 10.2. The molecule has 3 rings (SSSR count). The van der Waals surface area contributed by atoms with E-state index in [1.807, 2.05) is 0 Å². The summed E-state index contributed by atoms with van der Waals surface area (Å²) in [5, 5.41) is 2.75. The second kappa shape index (κ2) is 6.86. The monoisotopic (exact) mass is 340 g/mol. The number of halogens is 2. The number of thioether (sulfide) groups is 1. The molecule has 1 aliphatic heterocycles. The number of anilines is 1. The Morgan fingerprint density at radius 1 is 1.26 bits per heavy atom. The summed E-state index contributed by atoms with van der Waals surface area (Å²) in [6.45, 7) is 0.620.